The van der Waals surface area contributed by atoms with E-state index >= 15 is 0 Å². The molecule has 1 N–H and O–H groups in total. The second kappa shape index (κ2) is 6.61. The summed E-state index contributed by atoms with van der Waals surface area (Å²) in [7, 11) is 5.60. The summed E-state index contributed by atoms with van der Waals surface area (Å²) in [6.07, 6.45) is 2.05. The second-order valence-electron chi connectivity index (χ2n) is 5.31. The van der Waals surface area contributed by atoms with Crippen LogP contribution < -0.4 is 10.1 Å². The monoisotopic (exact) mass is 277 g/mol. The van der Waals surface area contributed by atoms with Crippen LogP contribution in [0.2, 0.25) is 0 Å². The van der Waals surface area contributed by atoms with E-state index < -0.39 is 0 Å². The Balaban J connectivity index is 1.93. The van der Waals surface area contributed by atoms with Gasteiger partial charge in [-0.1, -0.05) is 6.07 Å². The average Bonchev–Trinajstić information content (AvgIpc) is 2.47. The fourth-order valence-corrected chi connectivity index (χ4v) is 2.46. The quantitative estimate of drug-likeness (QED) is 0.921. The molecule has 0 radical (unpaired) electrons. The zero-order chi connectivity index (χ0) is 14.5. The van der Waals surface area contributed by atoms with Crippen LogP contribution in [-0.4, -0.2) is 56.2 Å². The zero-order valence-electron chi connectivity index (χ0n) is 12.4. The van der Waals surface area contributed by atoms with Crippen molar-refractivity contribution in [2.45, 2.75) is 18.9 Å². The van der Waals surface area contributed by atoms with E-state index in [0.29, 0.717) is 6.04 Å². The van der Waals surface area contributed by atoms with Crippen LogP contribution in [0, 0.1) is 0 Å². The number of hydrogen-bond donors (Lipinski definition) is 1. The Morgan fingerprint density at radius 2 is 2.10 bits per heavy atom. The summed E-state index contributed by atoms with van der Waals surface area (Å²) in [5.41, 5.74) is 0.758. The van der Waals surface area contributed by atoms with Gasteiger partial charge in [0.05, 0.1) is 7.11 Å². The molecule has 110 valence electrons. The molecule has 2 rings (SSSR count). The number of likely N-dealkylation sites (tertiary alicyclic amines) is 1. The number of rotatable bonds is 3. The number of nitrogens with one attached hydrogen (secondary N) is 1. The van der Waals surface area contributed by atoms with Crippen LogP contribution in [0.3, 0.4) is 0 Å². The van der Waals surface area contributed by atoms with E-state index in [1.807, 2.05) is 36.2 Å². The van der Waals surface area contributed by atoms with Crippen molar-refractivity contribution in [3.63, 3.8) is 0 Å². The summed E-state index contributed by atoms with van der Waals surface area (Å²) in [4.78, 5) is 16.4. The molecule has 5 nitrogen and oxygen atoms in total. The van der Waals surface area contributed by atoms with E-state index in [2.05, 4.69) is 17.3 Å². The molecule has 0 atom stereocenters. The number of anilines is 1. The Morgan fingerprint density at radius 1 is 1.40 bits per heavy atom. The third kappa shape index (κ3) is 3.63. The van der Waals surface area contributed by atoms with Gasteiger partial charge in [0.25, 0.3) is 0 Å². The highest BCUT2D eigenvalue weighted by atomic mass is 16.5. The smallest absolute Gasteiger partial charge is 0.321 e. The topological polar surface area (TPSA) is 44.8 Å². The molecular weight excluding hydrogens is 254 g/mol. The van der Waals surface area contributed by atoms with Crippen molar-refractivity contribution in [1.82, 2.24) is 9.80 Å². The number of nitrogens with zero attached hydrogens (tertiary/aromatic N) is 2. The molecule has 1 aromatic carbocycles. The first kappa shape index (κ1) is 14.7. The Labute approximate surface area is 120 Å². The Bertz CT molecular complexity index is 456. The van der Waals surface area contributed by atoms with Crippen molar-refractivity contribution >= 4 is 11.7 Å². The largest absolute Gasteiger partial charge is 0.497 e. The van der Waals surface area contributed by atoms with E-state index in [-0.39, 0.29) is 6.03 Å². The number of amides is 2. The molecule has 1 aliphatic heterocycles. The maximum atomic E-state index is 12.3. The molecule has 2 amide bonds. The number of piperidine rings is 1. The summed E-state index contributed by atoms with van der Waals surface area (Å²) in [5.74, 6) is 0.741. The van der Waals surface area contributed by atoms with Gasteiger partial charge in [0, 0.05) is 24.8 Å². The van der Waals surface area contributed by atoms with Gasteiger partial charge >= 0.3 is 6.03 Å². The van der Waals surface area contributed by atoms with Crippen molar-refractivity contribution in [2.24, 2.45) is 0 Å². The summed E-state index contributed by atoms with van der Waals surface area (Å²) in [6, 6.07) is 7.66. The molecule has 1 aromatic rings. The van der Waals surface area contributed by atoms with Crippen LogP contribution in [0.4, 0.5) is 10.5 Å². The van der Waals surface area contributed by atoms with E-state index in [1.54, 1.807) is 7.11 Å². The maximum absolute atomic E-state index is 12.3. The Morgan fingerprint density at radius 3 is 2.75 bits per heavy atom. The molecule has 0 spiro atoms. The molecule has 0 bridgehead atoms. The lowest BCUT2D eigenvalue weighted by molar-refractivity contribution is 0.156. The molecule has 1 aliphatic rings. The number of benzene rings is 1. The SMILES string of the molecule is COc1cccc(NC(=O)N(C)C2CCN(C)CC2)c1. The molecule has 1 heterocycles. The van der Waals surface area contributed by atoms with Crippen LogP contribution in [0.5, 0.6) is 5.75 Å². The number of carbonyl (C=O) groups excluding carboxylic acids is 1. The standard InChI is InChI=1S/C15H23N3O2/c1-17-9-7-13(8-10-17)18(2)15(19)16-12-5-4-6-14(11-12)20-3/h4-6,11,13H,7-10H2,1-3H3,(H,16,19). The lowest BCUT2D eigenvalue weighted by atomic mass is 10.0. The molecule has 0 aliphatic carbocycles. The zero-order valence-corrected chi connectivity index (χ0v) is 12.4. The lowest BCUT2D eigenvalue weighted by Gasteiger charge is -2.35. The van der Waals surface area contributed by atoms with Gasteiger partial charge in [-0.05, 0) is 45.1 Å². The average molecular weight is 277 g/mol. The van der Waals surface area contributed by atoms with Crippen LogP contribution >= 0.6 is 0 Å². The lowest BCUT2D eigenvalue weighted by Crippen LogP contribution is -2.46. The van der Waals surface area contributed by atoms with Gasteiger partial charge in [0.15, 0.2) is 0 Å². The molecular formula is C15H23N3O2. The summed E-state index contributed by atoms with van der Waals surface area (Å²) in [6.45, 7) is 2.09. The normalized spacial score (nSPS) is 16.8. The maximum Gasteiger partial charge on any atom is 0.321 e. The molecule has 1 saturated heterocycles. The third-order valence-electron chi connectivity index (χ3n) is 3.88. The predicted molar refractivity (Wildman–Crippen MR) is 80.3 cm³/mol. The van der Waals surface area contributed by atoms with Crippen molar-refractivity contribution in [1.29, 1.82) is 0 Å². The molecule has 0 saturated carbocycles. The third-order valence-corrected chi connectivity index (χ3v) is 3.88. The number of hydrogen-bond acceptors (Lipinski definition) is 3. The number of ether oxygens (including phenoxy) is 1. The minimum atomic E-state index is -0.0622. The van der Waals surface area contributed by atoms with E-state index in [9.17, 15) is 4.79 Å². The van der Waals surface area contributed by atoms with Gasteiger partial charge in [0.2, 0.25) is 0 Å². The summed E-state index contributed by atoms with van der Waals surface area (Å²) < 4.78 is 5.15. The van der Waals surface area contributed by atoms with Gasteiger partial charge in [-0.3, -0.25) is 0 Å². The second-order valence-corrected chi connectivity index (χ2v) is 5.31. The van der Waals surface area contributed by atoms with E-state index in [1.165, 1.54) is 0 Å². The molecule has 5 heteroatoms. The van der Waals surface area contributed by atoms with Crippen molar-refractivity contribution < 1.29 is 9.53 Å². The van der Waals surface area contributed by atoms with Gasteiger partial charge < -0.3 is 19.9 Å². The minimum absolute atomic E-state index is 0.0622. The highest BCUT2D eigenvalue weighted by molar-refractivity contribution is 5.89. The first-order chi connectivity index (χ1) is 9.60. The van der Waals surface area contributed by atoms with Crippen LogP contribution in [0.1, 0.15) is 12.8 Å². The Kier molecular flexibility index (Phi) is 4.84. The number of urea groups is 1. The number of methoxy groups -OCH3 is 1. The van der Waals surface area contributed by atoms with Crippen LogP contribution in [0.15, 0.2) is 24.3 Å². The van der Waals surface area contributed by atoms with Crippen LogP contribution in [0.25, 0.3) is 0 Å². The van der Waals surface area contributed by atoms with Gasteiger partial charge in [0.1, 0.15) is 5.75 Å². The molecule has 1 fully saturated rings. The minimum Gasteiger partial charge on any atom is -0.497 e. The molecule has 0 unspecified atom stereocenters. The van der Waals surface area contributed by atoms with Crippen molar-refractivity contribution in [3.8, 4) is 5.75 Å². The summed E-state index contributed by atoms with van der Waals surface area (Å²) in [5, 5.41) is 2.92. The van der Waals surface area contributed by atoms with Crippen LogP contribution in [-0.2, 0) is 0 Å². The van der Waals surface area contributed by atoms with Crippen molar-refractivity contribution in [3.05, 3.63) is 24.3 Å². The first-order valence-corrected chi connectivity index (χ1v) is 6.96. The fourth-order valence-electron chi connectivity index (χ4n) is 2.46. The summed E-state index contributed by atoms with van der Waals surface area (Å²) >= 11 is 0. The first-order valence-electron chi connectivity index (χ1n) is 6.96. The highest BCUT2D eigenvalue weighted by Gasteiger charge is 2.23. The van der Waals surface area contributed by atoms with Gasteiger partial charge in [-0.15, -0.1) is 0 Å². The highest BCUT2D eigenvalue weighted by Crippen LogP contribution is 2.19. The predicted octanol–water partition coefficient (Wildman–Crippen LogP) is 2.25. The fraction of sp³-hybridized carbons (Fsp3) is 0.533. The van der Waals surface area contributed by atoms with E-state index in [4.69, 9.17) is 4.74 Å². The molecule has 0 aromatic heterocycles. The number of carbonyl (C=O) groups is 1. The molecule has 20 heavy (non-hydrogen) atoms. The Hall–Kier alpha value is -1.75. The van der Waals surface area contributed by atoms with Crippen molar-refractivity contribution in [2.75, 3.05) is 39.6 Å². The van der Waals surface area contributed by atoms with Gasteiger partial charge in [-0.2, -0.15) is 0 Å². The van der Waals surface area contributed by atoms with Gasteiger partial charge in [-0.25, -0.2) is 4.79 Å². The van der Waals surface area contributed by atoms with E-state index in [0.717, 1.165) is 37.4 Å².